The van der Waals surface area contributed by atoms with Gasteiger partial charge in [-0.25, -0.2) is 4.98 Å². The molecular formula is C25H20N4O3S. The summed E-state index contributed by atoms with van der Waals surface area (Å²) in [6.45, 7) is -0.0572. The number of carbonyl (C=O) groups is 3. The Morgan fingerprint density at radius 1 is 1.00 bits per heavy atom. The third-order valence-corrected chi connectivity index (χ3v) is 6.21. The maximum Gasteiger partial charge on any atom is 0.244 e. The van der Waals surface area contributed by atoms with Crippen LogP contribution in [-0.4, -0.2) is 29.3 Å². The van der Waals surface area contributed by atoms with Crippen molar-refractivity contribution in [2.45, 2.75) is 12.8 Å². The van der Waals surface area contributed by atoms with Crippen LogP contribution >= 0.6 is 11.3 Å². The topological polar surface area (TPSA) is 91.4 Å². The van der Waals surface area contributed by atoms with Crippen molar-refractivity contribution in [3.05, 3.63) is 72.1 Å². The maximum absolute atomic E-state index is 12.7. The first-order chi connectivity index (χ1) is 16.1. The van der Waals surface area contributed by atoms with Gasteiger partial charge in [-0.1, -0.05) is 54.6 Å². The molecule has 164 valence electrons. The van der Waals surface area contributed by atoms with Gasteiger partial charge in [-0.3, -0.25) is 14.4 Å². The Balaban J connectivity index is 1.23. The van der Waals surface area contributed by atoms with Crippen LogP contribution in [0.1, 0.15) is 12.8 Å². The molecule has 1 aliphatic heterocycles. The van der Waals surface area contributed by atoms with E-state index in [-0.39, 0.29) is 37.1 Å². The molecule has 8 heteroatoms. The number of fused-ring (bicyclic) bond motifs is 2. The number of rotatable bonds is 5. The van der Waals surface area contributed by atoms with Gasteiger partial charge in [0.2, 0.25) is 17.7 Å². The normalized spacial score (nSPS) is 12.8. The van der Waals surface area contributed by atoms with Gasteiger partial charge >= 0.3 is 0 Å². The van der Waals surface area contributed by atoms with Gasteiger partial charge in [0.1, 0.15) is 6.54 Å². The average molecular weight is 457 g/mol. The molecule has 0 unspecified atom stereocenters. The second-order valence-corrected chi connectivity index (χ2v) is 8.52. The van der Waals surface area contributed by atoms with Crippen LogP contribution in [0.15, 0.2) is 72.1 Å². The number of carbonyl (C=O) groups excluding carboxylic acids is 3. The molecule has 5 rings (SSSR count). The van der Waals surface area contributed by atoms with E-state index in [1.165, 1.54) is 16.2 Å². The number of thiazole rings is 1. The minimum atomic E-state index is -0.295. The van der Waals surface area contributed by atoms with Crippen molar-refractivity contribution < 1.29 is 14.4 Å². The molecule has 2 N–H and O–H groups in total. The Labute approximate surface area is 194 Å². The predicted molar refractivity (Wildman–Crippen MR) is 130 cm³/mol. The third-order valence-electron chi connectivity index (χ3n) is 5.45. The lowest BCUT2D eigenvalue weighted by molar-refractivity contribution is -0.124. The quantitative estimate of drug-likeness (QED) is 0.457. The van der Waals surface area contributed by atoms with E-state index in [0.29, 0.717) is 16.5 Å². The van der Waals surface area contributed by atoms with Crippen LogP contribution in [0, 0.1) is 0 Å². The highest BCUT2D eigenvalue weighted by Gasteiger charge is 2.26. The first-order valence-corrected chi connectivity index (χ1v) is 11.4. The summed E-state index contributed by atoms with van der Waals surface area (Å²) in [6, 6.07) is 21.2. The first-order valence-electron chi connectivity index (χ1n) is 10.5. The molecular weight excluding hydrogens is 436 g/mol. The Kier molecular flexibility index (Phi) is 5.58. The van der Waals surface area contributed by atoms with E-state index in [0.717, 1.165) is 22.0 Å². The minimum Gasteiger partial charge on any atom is -0.323 e. The summed E-state index contributed by atoms with van der Waals surface area (Å²) in [4.78, 5) is 43.1. The molecule has 0 saturated heterocycles. The van der Waals surface area contributed by atoms with Crippen molar-refractivity contribution in [2.75, 3.05) is 22.1 Å². The molecule has 0 atom stereocenters. The summed E-state index contributed by atoms with van der Waals surface area (Å²) in [5.74, 6) is -0.824. The molecule has 1 aromatic heterocycles. The molecule has 0 aliphatic carbocycles. The molecule has 7 nitrogen and oxygen atoms in total. The number of hydrogen-bond donors (Lipinski definition) is 2. The summed E-state index contributed by atoms with van der Waals surface area (Å²) in [6.07, 6.45) is -0.00268. The molecule has 0 bridgehead atoms. The second kappa shape index (κ2) is 8.84. The van der Waals surface area contributed by atoms with Gasteiger partial charge in [0.25, 0.3) is 0 Å². The Hall–Kier alpha value is -4.04. The van der Waals surface area contributed by atoms with Gasteiger partial charge in [0.15, 0.2) is 5.13 Å². The monoisotopic (exact) mass is 456 g/mol. The summed E-state index contributed by atoms with van der Waals surface area (Å²) >= 11 is 1.34. The lowest BCUT2D eigenvalue weighted by Crippen LogP contribution is -2.42. The number of nitrogens with one attached hydrogen (secondary N) is 2. The molecule has 3 amide bonds. The van der Waals surface area contributed by atoms with Crippen LogP contribution in [-0.2, 0) is 14.4 Å². The Morgan fingerprint density at radius 3 is 2.70 bits per heavy atom. The van der Waals surface area contributed by atoms with Crippen LogP contribution in [0.2, 0.25) is 0 Å². The highest BCUT2D eigenvalue weighted by atomic mass is 32.1. The zero-order valence-corrected chi connectivity index (χ0v) is 18.4. The van der Waals surface area contributed by atoms with Gasteiger partial charge in [0, 0.05) is 23.8 Å². The number of hydrogen-bond acceptors (Lipinski definition) is 5. The summed E-state index contributed by atoms with van der Waals surface area (Å²) in [5.41, 5.74) is 3.03. The molecule has 0 saturated carbocycles. The van der Waals surface area contributed by atoms with Gasteiger partial charge in [-0.15, -0.1) is 11.3 Å². The molecule has 0 fully saturated rings. The number of nitrogens with zero attached hydrogens (tertiary/aromatic N) is 2. The van der Waals surface area contributed by atoms with Crippen molar-refractivity contribution in [1.29, 1.82) is 0 Å². The lowest BCUT2D eigenvalue weighted by Gasteiger charge is -2.29. The van der Waals surface area contributed by atoms with Crippen molar-refractivity contribution in [1.82, 2.24) is 4.98 Å². The second-order valence-electron chi connectivity index (χ2n) is 7.66. The fraction of sp³-hybridized carbons (Fsp3) is 0.120. The largest absolute Gasteiger partial charge is 0.323 e. The molecule has 0 spiro atoms. The zero-order chi connectivity index (χ0) is 22.8. The maximum atomic E-state index is 12.7. The summed E-state index contributed by atoms with van der Waals surface area (Å²) in [7, 11) is 0. The lowest BCUT2D eigenvalue weighted by atomic mass is 10.0. The third kappa shape index (κ3) is 4.33. The number of anilines is 3. The number of amides is 3. The summed E-state index contributed by atoms with van der Waals surface area (Å²) < 4.78 is 0. The van der Waals surface area contributed by atoms with Crippen molar-refractivity contribution in [2.24, 2.45) is 0 Å². The molecule has 0 radical (unpaired) electrons. The van der Waals surface area contributed by atoms with Crippen LogP contribution in [0.3, 0.4) is 0 Å². The van der Waals surface area contributed by atoms with Crippen LogP contribution in [0.25, 0.3) is 22.0 Å². The SMILES string of the molecule is O=C(CCC(=O)N1CC(=O)Nc2ccccc21)Nc1nc(-c2cccc3ccccc23)cs1. The smallest absolute Gasteiger partial charge is 0.244 e. The van der Waals surface area contributed by atoms with Crippen molar-refractivity contribution in [3.63, 3.8) is 0 Å². The zero-order valence-electron chi connectivity index (χ0n) is 17.6. The Morgan fingerprint density at radius 2 is 1.79 bits per heavy atom. The molecule has 33 heavy (non-hydrogen) atoms. The van der Waals surface area contributed by atoms with E-state index in [2.05, 4.69) is 27.8 Å². The van der Waals surface area contributed by atoms with Crippen LogP contribution < -0.4 is 15.5 Å². The fourth-order valence-corrected chi connectivity index (χ4v) is 4.62. The molecule has 1 aliphatic rings. The van der Waals surface area contributed by atoms with E-state index in [9.17, 15) is 14.4 Å². The van der Waals surface area contributed by atoms with Crippen LogP contribution in [0.4, 0.5) is 16.5 Å². The van der Waals surface area contributed by atoms with Crippen molar-refractivity contribution in [3.8, 4) is 11.3 Å². The first kappa shape index (κ1) is 20.8. The van der Waals surface area contributed by atoms with E-state index >= 15 is 0 Å². The number of aromatic nitrogens is 1. The highest BCUT2D eigenvalue weighted by Crippen LogP contribution is 2.31. The standard InChI is InChI=1S/C25H20N4O3S/c30-22(12-13-24(32)29-14-23(31)26-19-10-3-4-11-21(19)29)28-25-27-20(15-33-25)18-9-5-7-16-6-1-2-8-17(16)18/h1-11,15H,12-14H2,(H,26,31)(H,27,28,30). The predicted octanol–water partition coefficient (Wildman–Crippen LogP) is 4.67. The molecule has 4 aromatic rings. The molecule has 2 heterocycles. The van der Waals surface area contributed by atoms with Gasteiger partial charge in [-0.2, -0.15) is 0 Å². The fourth-order valence-electron chi connectivity index (χ4n) is 3.90. The van der Waals surface area contributed by atoms with Gasteiger partial charge in [-0.05, 0) is 22.9 Å². The van der Waals surface area contributed by atoms with E-state index in [1.54, 1.807) is 24.3 Å². The van der Waals surface area contributed by atoms with Crippen molar-refractivity contribution >= 4 is 56.3 Å². The van der Waals surface area contributed by atoms with Gasteiger partial charge < -0.3 is 15.5 Å². The summed E-state index contributed by atoms with van der Waals surface area (Å²) in [5, 5.41) is 10.1. The van der Waals surface area contributed by atoms with Gasteiger partial charge in [0.05, 0.1) is 17.1 Å². The average Bonchev–Trinajstić information content (AvgIpc) is 3.29. The van der Waals surface area contributed by atoms with E-state index < -0.39 is 0 Å². The van der Waals surface area contributed by atoms with E-state index in [1.807, 2.05) is 35.7 Å². The number of benzene rings is 3. The molecule has 3 aromatic carbocycles. The van der Waals surface area contributed by atoms with Crippen LogP contribution in [0.5, 0.6) is 0 Å². The van der Waals surface area contributed by atoms with E-state index in [4.69, 9.17) is 0 Å². The highest BCUT2D eigenvalue weighted by molar-refractivity contribution is 7.14. The minimum absolute atomic E-state index is 0.00228. The number of para-hydroxylation sites is 2. The Bertz CT molecular complexity index is 1380.